The summed E-state index contributed by atoms with van der Waals surface area (Å²) in [4.78, 5) is 15.0. The Hall–Kier alpha value is -1.65. The number of hydrogen-bond donors (Lipinski definition) is 1. The molecule has 2 aliphatic rings. The first-order chi connectivity index (χ1) is 11.8. The van der Waals surface area contributed by atoms with Crippen molar-refractivity contribution in [3.05, 3.63) is 41.0 Å². The summed E-state index contributed by atoms with van der Waals surface area (Å²) in [5.74, 6) is 0.930. The second-order valence-corrected chi connectivity index (χ2v) is 7.68. The van der Waals surface area contributed by atoms with Crippen molar-refractivity contribution >= 4 is 5.78 Å². The van der Waals surface area contributed by atoms with Crippen molar-refractivity contribution in [3.63, 3.8) is 0 Å². The molecule has 0 bridgehead atoms. The van der Waals surface area contributed by atoms with E-state index in [0.29, 0.717) is 12.8 Å². The summed E-state index contributed by atoms with van der Waals surface area (Å²) in [6.45, 7) is 6.88. The maximum atomic E-state index is 12.8. The number of carbonyl (C=O) groups is 1. The number of nitrogens with zero attached hydrogens (tertiary/aromatic N) is 1. The Morgan fingerprint density at radius 1 is 1.36 bits per heavy atom. The molecule has 3 atom stereocenters. The molecule has 1 N–H and O–H groups in total. The minimum atomic E-state index is -0.979. The van der Waals surface area contributed by atoms with Gasteiger partial charge in [0.1, 0.15) is 5.75 Å². The van der Waals surface area contributed by atoms with Gasteiger partial charge in [0.25, 0.3) is 0 Å². The molecule has 1 aromatic carbocycles. The average molecular weight is 343 g/mol. The van der Waals surface area contributed by atoms with Gasteiger partial charge in [0.2, 0.25) is 0 Å². The van der Waals surface area contributed by atoms with Crippen LogP contribution >= 0.6 is 0 Å². The van der Waals surface area contributed by atoms with Crippen LogP contribution < -0.4 is 4.74 Å². The van der Waals surface area contributed by atoms with Gasteiger partial charge in [0.05, 0.1) is 12.7 Å². The van der Waals surface area contributed by atoms with Crippen molar-refractivity contribution in [2.45, 2.75) is 57.1 Å². The lowest BCUT2D eigenvalue weighted by molar-refractivity contribution is -0.151. The number of carbonyl (C=O) groups excluding carboxylic acids is 1. The van der Waals surface area contributed by atoms with Crippen LogP contribution in [-0.4, -0.2) is 48.1 Å². The molecule has 0 aromatic heterocycles. The van der Waals surface area contributed by atoms with Crippen LogP contribution in [0.5, 0.6) is 5.75 Å². The Bertz CT molecular complexity index is 726. The van der Waals surface area contributed by atoms with Crippen molar-refractivity contribution in [3.8, 4) is 5.75 Å². The predicted octanol–water partition coefficient (Wildman–Crippen LogP) is 3.01. The van der Waals surface area contributed by atoms with Crippen molar-refractivity contribution in [2.24, 2.45) is 0 Å². The number of likely N-dealkylation sites (N-methyl/N-ethyl adjacent to an activating group) is 1. The number of methoxy groups -OCH3 is 1. The zero-order valence-corrected chi connectivity index (χ0v) is 15.9. The fourth-order valence-corrected chi connectivity index (χ4v) is 4.85. The molecule has 3 rings (SSSR count). The van der Waals surface area contributed by atoms with E-state index in [1.165, 1.54) is 0 Å². The summed E-state index contributed by atoms with van der Waals surface area (Å²) < 4.78 is 5.44. The van der Waals surface area contributed by atoms with Gasteiger partial charge in [-0.25, -0.2) is 0 Å². The summed E-state index contributed by atoms with van der Waals surface area (Å²) in [7, 11) is 3.70. The van der Waals surface area contributed by atoms with Crippen molar-refractivity contribution < 1.29 is 14.6 Å². The van der Waals surface area contributed by atoms with Gasteiger partial charge in [-0.05, 0) is 69.6 Å². The molecule has 3 unspecified atom stereocenters. The maximum absolute atomic E-state index is 12.8. The van der Waals surface area contributed by atoms with Gasteiger partial charge >= 0.3 is 0 Å². The number of ether oxygens (including phenoxy) is 1. The highest BCUT2D eigenvalue weighted by molar-refractivity contribution is 5.98. The third kappa shape index (κ3) is 2.54. The molecular formula is C21H29NO3. The second kappa shape index (κ2) is 6.26. The highest BCUT2D eigenvalue weighted by atomic mass is 16.5. The Kier molecular flexibility index (Phi) is 4.54. The number of fused-ring (bicyclic) bond motifs is 1. The molecule has 4 nitrogen and oxygen atoms in total. The molecule has 1 heterocycles. The van der Waals surface area contributed by atoms with Crippen molar-refractivity contribution in [1.29, 1.82) is 0 Å². The summed E-state index contributed by atoms with van der Waals surface area (Å²) in [6.07, 6.45) is 3.39. The molecule has 136 valence electrons. The number of piperidine rings is 1. The van der Waals surface area contributed by atoms with Crippen LogP contribution in [0.15, 0.2) is 29.8 Å². The first-order valence-electron chi connectivity index (χ1n) is 9.05. The average Bonchev–Trinajstić information content (AvgIpc) is 2.60. The zero-order valence-electron chi connectivity index (χ0n) is 15.9. The van der Waals surface area contributed by atoms with E-state index in [4.69, 9.17) is 4.74 Å². The molecule has 0 amide bonds. The molecule has 0 radical (unpaired) electrons. The number of Topliss-reactive ketones (excluding diaryl/α,β-unsaturated/α-hetero) is 1. The van der Waals surface area contributed by atoms with Crippen LogP contribution in [0.25, 0.3) is 0 Å². The van der Waals surface area contributed by atoms with Crippen LogP contribution in [0.3, 0.4) is 0 Å². The Labute approximate surface area is 150 Å². The second-order valence-electron chi connectivity index (χ2n) is 7.68. The molecule has 1 aliphatic heterocycles. The Balaban J connectivity index is 2.24. The van der Waals surface area contributed by atoms with Gasteiger partial charge in [-0.15, -0.1) is 0 Å². The van der Waals surface area contributed by atoms with Crippen molar-refractivity contribution in [1.82, 2.24) is 4.90 Å². The van der Waals surface area contributed by atoms with Gasteiger partial charge in [-0.1, -0.05) is 12.1 Å². The van der Waals surface area contributed by atoms with Gasteiger partial charge in [0.15, 0.2) is 5.78 Å². The maximum Gasteiger partial charge on any atom is 0.159 e. The summed E-state index contributed by atoms with van der Waals surface area (Å²) in [6, 6.07) is 5.96. The molecule has 1 aliphatic carbocycles. The van der Waals surface area contributed by atoms with E-state index in [1.807, 2.05) is 31.2 Å². The number of likely N-dealkylation sites (tertiary alicyclic amines) is 1. The number of aliphatic hydroxyl groups is 1. The smallest absolute Gasteiger partial charge is 0.159 e. The topological polar surface area (TPSA) is 49.8 Å². The SMILES string of the molecule is C/C=C1/CC2(O)C(C)N(C)CCC2(c2cc(OC)ccc2C)CC1=O. The Morgan fingerprint density at radius 2 is 2.08 bits per heavy atom. The minimum Gasteiger partial charge on any atom is -0.497 e. The van der Waals surface area contributed by atoms with Crippen molar-refractivity contribution in [2.75, 3.05) is 20.7 Å². The third-order valence-corrected chi connectivity index (χ3v) is 6.66. The lowest BCUT2D eigenvalue weighted by Crippen LogP contribution is -2.69. The van der Waals surface area contributed by atoms with Crippen LogP contribution in [0, 0.1) is 6.92 Å². The highest BCUT2D eigenvalue weighted by Gasteiger charge is 2.61. The Morgan fingerprint density at radius 3 is 2.72 bits per heavy atom. The fourth-order valence-electron chi connectivity index (χ4n) is 4.85. The van der Waals surface area contributed by atoms with Crippen LogP contribution in [0.4, 0.5) is 0 Å². The highest BCUT2D eigenvalue weighted by Crippen LogP contribution is 2.55. The number of aryl methyl sites for hydroxylation is 1. The quantitative estimate of drug-likeness (QED) is 0.839. The van der Waals surface area contributed by atoms with E-state index < -0.39 is 11.0 Å². The van der Waals surface area contributed by atoms with Gasteiger partial charge in [-0.3, -0.25) is 4.79 Å². The first kappa shape index (κ1) is 18.2. The number of hydrogen-bond acceptors (Lipinski definition) is 4. The van der Waals surface area contributed by atoms with Crippen LogP contribution in [0.1, 0.15) is 44.2 Å². The molecule has 4 heteroatoms. The van der Waals surface area contributed by atoms with Gasteiger partial charge < -0.3 is 14.7 Å². The summed E-state index contributed by atoms with van der Waals surface area (Å²) >= 11 is 0. The number of allylic oxidation sites excluding steroid dienone is 1. The van der Waals surface area contributed by atoms with E-state index in [0.717, 1.165) is 35.4 Å². The standard InChI is InChI=1S/C21H29NO3/c1-6-16-12-21(24)15(3)22(4)10-9-20(21,13-19(16)23)18-11-17(25-5)8-7-14(18)2/h6-8,11,15,24H,9-10,12-13H2,1-5H3/b16-6-. The van der Waals surface area contributed by atoms with Gasteiger partial charge in [-0.2, -0.15) is 0 Å². The molecular weight excluding hydrogens is 314 g/mol. The van der Waals surface area contributed by atoms with E-state index in [2.05, 4.69) is 25.8 Å². The molecule has 0 spiro atoms. The lowest BCUT2D eigenvalue weighted by atomic mass is 9.52. The van der Waals surface area contributed by atoms with E-state index in [1.54, 1.807) is 7.11 Å². The number of ketones is 1. The number of rotatable bonds is 2. The third-order valence-electron chi connectivity index (χ3n) is 6.66. The zero-order chi connectivity index (χ0) is 18.4. The van der Waals surface area contributed by atoms with Gasteiger partial charge in [0, 0.05) is 24.3 Å². The lowest BCUT2D eigenvalue weighted by Gasteiger charge is -2.59. The molecule has 25 heavy (non-hydrogen) atoms. The normalized spacial score (nSPS) is 34.9. The largest absolute Gasteiger partial charge is 0.497 e. The van der Waals surface area contributed by atoms with Crippen LogP contribution in [0.2, 0.25) is 0 Å². The molecule has 2 fully saturated rings. The molecule has 1 saturated carbocycles. The summed E-state index contributed by atoms with van der Waals surface area (Å²) in [5.41, 5.74) is 1.36. The minimum absolute atomic E-state index is 0.0325. The van der Waals surface area contributed by atoms with Crippen LogP contribution in [-0.2, 0) is 10.2 Å². The molecule has 1 aromatic rings. The van der Waals surface area contributed by atoms with E-state index >= 15 is 0 Å². The number of benzene rings is 1. The van der Waals surface area contributed by atoms with E-state index in [-0.39, 0.29) is 11.8 Å². The van der Waals surface area contributed by atoms with E-state index in [9.17, 15) is 9.90 Å². The first-order valence-corrected chi connectivity index (χ1v) is 9.05. The molecule has 1 saturated heterocycles. The summed E-state index contributed by atoms with van der Waals surface area (Å²) in [5, 5.41) is 12.0. The predicted molar refractivity (Wildman–Crippen MR) is 99.1 cm³/mol. The monoisotopic (exact) mass is 343 g/mol. The fraction of sp³-hybridized carbons (Fsp3) is 0.571.